The Morgan fingerprint density at radius 3 is 2.77 bits per heavy atom. The largest absolute Gasteiger partial charge is 0.478 e. The van der Waals surface area contributed by atoms with Crippen molar-refractivity contribution < 1.29 is 23.8 Å². The van der Waals surface area contributed by atoms with Crippen molar-refractivity contribution in [3.8, 4) is 5.88 Å². The standard InChI is InChI=1S/C30H30ClFN4O4/c1-2-18-11-19-7-9-35(15-26(19)34-29(18)40-17-21-3-5-22(31)13-24(21)32)16-28-33-25-6-4-20(30(37)38)12-27(25)36(28)14-23-8-10-39-23/h3-6,11-13,23H,2,7-10,14-17H2,1H3,(H,37,38)/t23-/m0/s1. The van der Waals surface area contributed by atoms with Gasteiger partial charge in [0.25, 0.3) is 0 Å². The van der Waals surface area contributed by atoms with E-state index in [1.807, 2.05) is 0 Å². The van der Waals surface area contributed by atoms with Crippen LogP contribution in [0.4, 0.5) is 4.39 Å². The molecule has 6 rings (SSSR count). The second-order valence-corrected chi connectivity index (χ2v) is 10.8. The molecule has 1 atom stereocenters. The predicted octanol–water partition coefficient (Wildman–Crippen LogP) is 5.41. The van der Waals surface area contributed by atoms with E-state index >= 15 is 0 Å². The Balaban J connectivity index is 1.24. The first-order valence-corrected chi connectivity index (χ1v) is 13.9. The maximum absolute atomic E-state index is 14.3. The number of rotatable bonds is 9. The third-order valence-corrected chi connectivity index (χ3v) is 7.92. The molecule has 1 saturated heterocycles. The molecule has 208 valence electrons. The fourth-order valence-corrected chi connectivity index (χ4v) is 5.46. The van der Waals surface area contributed by atoms with E-state index < -0.39 is 11.8 Å². The number of aryl methyl sites for hydroxylation is 1. The van der Waals surface area contributed by atoms with Crippen LogP contribution >= 0.6 is 11.6 Å². The first-order valence-electron chi connectivity index (χ1n) is 13.5. The van der Waals surface area contributed by atoms with Crippen LogP contribution in [0.25, 0.3) is 11.0 Å². The first-order chi connectivity index (χ1) is 19.4. The highest BCUT2D eigenvalue weighted by molar-refractivity contribution is 6.30. The van der Waals surface area contributed by atoms with Crippen LogP contribution in [-0.4, -0.2) is 49.8 Å². The molecule has 0 aliphatic carbocycles. The highest BCUT2D eigenvalue weighted by Gasteiger charge is 2.26. The Hall–Kier alpha value is -3.53. The lowest BCUT2D eigenvalue weighted by Crippen LogP contribution is -2.34. The van der Waals surface area contributed by atoms with Crippen molar-refractivity contribution in [3.63, 3.8) is 0 Å². The quantitative estimate of drug-likeness (QED) is 0.291. The van der Waals surface area contributed by atoms with Gasteiger partial charge < -0.3 is 19.1 Å². The zero-order valence-corrected chi connectivity index (χ0v) is 23.0. The normalized spacial score (nSPS) is 17.0. The van der Waals surface area contributed by atoms with Crippen LogP contribution in [0, 0.1) is 5.82 Å². The number of aromatic nitrogens is 3. The number of fused-ring (bicyclic) bond motifs is 2. The van der Waals surface area contributed by atoms with Gasteiger partial charge in [0.15, 0.2) is 0 Å². The van der Waals surface area contributed by atoms with Crippen molar-refractivity contribution in [3.05, 3.63) is 87.1 Å². The summed E-state index contributed by atoms with van der Waals surface area (Å²) in [4.78, 5) is 23.7. The van der Waals surface area contributed by atoms with Gasteiger partial charge in [0.1, 0.15) is 18.2 Å². The van der Waals surface area contributed by atoms with E-state index in [1.54, 1.807) is 30.3 Å². The number of pyridine rings is 1. The fraction of sp³-hybridized carbons (Fsp3) is 0.367. The lowest BCUT2D eigenvalue weighted by atomic mass is 10.0. The molecule has 0 radical (unpaired) electrons. The van der Waals surface area contributed by atoms with Gasteiger partial charge in [-0.25, -0.2) is 19.2 Å². The van der Waals surface area contributed by atoms with Crippen molar-refractivity contribution in [2.45, 2.75) is 58.5 Å². The van der Waals surface area contributed by atoms with Gasteiger partial charge in [-0.3, -0.25) is 4.90 Å². The second kappa shape index (κ2) is 11.2. The van der Waals surface area contributed by atoms with Crippen LogP contribution < -0.4 is 4.74 Å². The van der Waals surface area contributed by atoms with Crippen molar-refractivity contribution in [1.29, 1.82) is 0 Å². The number of halogens is 2. The smallest absolute Gasteiger partial charge is 0.335 e. The predicted molar refractivity (Wildman–Crippen MR) is 148 cm³/mol. The minimum atomic E-state index is -0.960. The minimum absolute atomic E-state index is 0.0666. The van der Waals surface area contributed by atoms with Gasteiger partial charge in [-0.1, -0.05) is 24.6 Å². The summed E-state index contributed by atoms with van der Waals surface area (Å²) < 4.78 is 28.1. The van der Waals surface area contributed by atoms with Crippen LogP contribution in [0.3, 0.4) is 0 Å². The highest BCUT2D eigenvalue weighted by atomic mass is 35.5. The van der Waals surface area contributed by atoms with E-state index in [0.717, 1.165) is 60.5 Å². The molecule has 2 aliphatic heterocycles. The molecule has 8 nitrogen and oxygen atoms in total. The third kappa shape index (κ3) is 5.41. The number of ether oxygens (including phenoxy) is 2. The number of nitrogens with zero attached hydrogens (tertiary/aromatic N) is 4. The Bertz CT molecular complexity index is 1590. The Kier molecular flexibility index (Phi) is 7.44. The Morgan fingerprint density at radius 1 is 1.20 bits per heavy atom. The van der Waals surface area contributed by atoms with Gasteiger partial charge in [0.05, 0.1) is 41.5 Å². The van der Waals surface area contributed by atoms with Crippen molar-refractivity contribution in [1.82, 2.24) is 19.4 Å². The summed E-state index contributed by atoms with van der Waals surface area (Å²) in [5, 5.41) is 9.86. The number of aromatic carboxylic acids is 1. The first kappa shape index (κ1) is 26.7. The van der Waals surface area contributed by atoms with Crippen LogP contribution in [0.5, 0.6) is 5.88 Å². The molecular weight excluding hydrogens is 535 g/mol. The van der Waals surface area contributed by atoms with Crippen LogP contribution in [-0.2, 0) is 43.8 Å². The molecule has 0 spiro atoms. The average molecular weight is 565 g/mol. The zero-order chi connectivity index (χ0) is 27.8. The van der Waals surface area contributed by atoms with Gasteiger partial charge in [0.2, 0.25) is 5.88 Å². The summed E-state index contributed by atoms with van der Waals surface area (Å²) in [6.07, 6.45) is 2.68. The zero-order valence-electron chi connectivity index (χ0n) is 22.2. The fourth-order valence-electron chi connectivity index (χ4n) is 5.30. The van der Waals surface area contributed by atoms with E-state index in [9.17, 15) is 14.3 Å². The van der Waals surface area contributed by atoms with E-state index in [-0.39, 0.29) is 18.3 Å². The van der Waals surface area contributed by atoms with Gasteiger partial charge in [-0.15, -0.1) is 0 Å². The summed E-state index contributed by atoms with van der Waals surface area (Å²) in [7, 11) is 0. The molecule has 4 aromatic rings. The van der Waals surface area contributed by atoms with Crippen molar-refractivity contribution in [2.75, 3.05) is 13.2 Å². The SMILES string of the molecule is CCc1cc2c(nc1OCc1ccc(Cl)cc1F)CN(Cc1nc3ccc(C(=O)O)cc3n1C[C@@H]1CCO1)CC2. The molecule has 40 heavy (non-hydrogen) atoms. The summed E-state index contributed by atoms with van der Waals surface area (Å²) in [6, 6.07) is 11.8. The summed E-state index contributed by atoms with van der Waals surface area (Å²) in [6.45, 7) is 5.56. The van der Waals surface area contributed by atoms with E-state index in [2.05, 4.69) is 22.5 Å². The Morgan fingerprint density at radius 2 is 2.05 bits per heavy atom. The minimum Gasteiger partial charge on any atom is -0.478 e. The molecule has 2 aromatic carbocycles. The number of carbonyl (C=O) groups is 1. The molecular formula is C30H30ClFN4O4. The Labute approximate surface area is 236 Å². The molecule has 10 heteroatoms. The number of carboxylic acid groups (broad SMARTS) is 1. The number of hydrogen-bond acceptors (Lipinski definition) is 6. The molecule has 2 aromatic heterocycles. The molecule has 2 aliphatic rings. The van der Waals surface area contributed by atoms with Crippen LogP contribution in [0.1, 0.15) is 51.9 Å². The van der Waals surface area contributed by atoms with Crippen molar-refractivity contribution >= 4 is 28.6 Å². The lowest BCUT2D eigenvalue weighted by Gasteiger charge is -2.30. The van der Waals surface area contributed by atoms with Gasteiger partial charge in [-0.2, -0.15) is 0 Å². The van der Waals surface area contributed by atoms with Gasteiger partial charge in [0, 0.05) is 35.8 Å². The topological polar surface area (TPSA) is 89.7 Å². The van der Waals surface area contributed by atoms with Crippen LogP contribution in [0.2, 0.25) is 5.02 Å². The molecule has 0 saturated carbocycles. The third-order valence-electron chi connectivity index (χ3n) is 7.68. The molecule has 0 amide bonds. The summed E-state index contributed by atoms with van der Waals surface area (Å²) in [5.74, 6) is 0.0304. The summed E-state index contributed by atoms with van der Waals surface area (Å²) >= 11 is 5.89. The second-order valence-electron chi connectivity index (χ2n) is 10.3. The molecule has 4 heterocycles. The van der Waals surface area contributed by atoms with Crippen molar-refractivity contribution in [2.24, 2.45) is 0 Å². The number of benzene rings is 2. The number of carboxylic acids is 1. The highest BCUT2D eigenvalue weighted by Crippen LogP contribution is 2.28. The van der Waals surface area contributed by atoms with Crippen LogP contribution in [0.15, 0.2) is 42.5 Å². The van der Waals surface area contributed by atoms with E-state index in [0.29, 0.717) is 36.1 Å². The van der Waals surface area contributed by atoms with Gasteiger partial charge >= 0.3 is 5.97 Å². The number of hydrogen-bond donors (Lipinski definition) is 1. The maximum Gasteiger partial charge on any atom is 0.335 e. The average Bonchev–Trinajstić information content (AvgIpc) is 3.25. The number of imidazole rings is 1. The summed E-state index contributed by atoms with van der Waals surface area (Å²) in [5.41, 5.74) is 5.37. The molecule has 0 bridgehead atoms. The monoisotopic (exact) mass is 564 g/mol. The maximum atomic E-state index is 14.3. The van der Waals surface area contributed by atoms with Gasteiger partial charge in [-0.05, 0) is 61.2 Å². The van der Waals surface area contributed by atoms with E-state index in [1.165, 1.54) is 11.6 Å². The molecule has 1 N–H and O–H groups in total. The lowest BCUT2D eigenvalue weighted by molar-refractivity contribution is -0.0592. The molecule has 0 unspecified atom stereocenters. The molecule has 1 fully saturated rings. The van der Waals surface area contributed by atoms with E-state index in [4.69, 9.17) is 31.0 Å².